The van der Waals surface area contributed by atoms with Gasteiger partial charge in [-0.3, -0.25) is 0 Å². The van der Waals surface area contributed by atoms with E-state index in [9.17, 15) is 0 Å². The van der Waals surface area contributed by atoms with Crippen molar-refractivity contribution in [3.8, 4) is 0 Å². The van der Waals surface area contributed by atoms with Gasteiger partial charge in [0.25, 0.3) is 0 Å². The van der Waals surface area contributed by atoms with E-state index in [1.54, 1.807) is 0 Å². The van der Waals surface area contributed by atoms with E-state index in [2.05, 4.69) is 75.5 Å². The van der Waals surface area contributed by atoms with Crippen molar-refractivity contribution in [2.24, 2.45) is 0 Å². The van der Waals surface area contributed by atoms with Crippen molar-refractivity contribution < 1.29 is 0 Å². The van der Waals surface area contributed by atoms with Gasteiger partial charge in [-0.15, -0.1) is 0 Å². The highest BCUT2D eigenvalue weighted by atomic mass is 14.9. The molecule has 0 aromatic heterocycles. The van der Waals surface area contributed by atoms with Gasteiger partial charge in [0.2, 0.25) is 0 Å². The molecular weight excluding hydrogens is 254 g/mol. The van der Waals surface area contributed by atoms with Crippen LogP contribution in [0.4, 0.5) is 0 Å². The molecule has 2 aromatic rings. The van der Waals surface area contributed by atoms with E-state index in [0.717, 1.165) is 19.4 Å². The van der Waals surface area contributed by atoms with Crippen molar-refractivity contribution in [3.05, 3.63) is 70.3 Å². The van der Waals surface area contributed by atoms with Crippen LogP contribution in [0.5, 0.6) is 0 Å². The Bertz CT molecular complexity index is 569. The number of aryl methyl sites for hydroxylation is 3. The third-order valence-electron chi connectivity index (χ3n) is 4.20. The first kappa shape index (κ1) is 15.8. The zero-order valence-corrected chi connectivity index (χ0v) is 13.7. The Labute approximate surface area is 129 Å². The van der Waals surface area contributed by atoms with Crippen molar-refractivity contribution in [3.63, 3.8) is 0 Å². The second-order valence-corrected chi connectivity index (χ2v) is 5.83. The molecule has 1 N–H and O–H groups in total. The predicted molar refractivity (Wildman–Crippen MR) is 91.6 cm³/mol. The van der Waals surface area contributed by atoms with Crippen molar-refractivity contribution in [1.29, 1.82) is 0 Å². The molecule has 0 spiro atoms. The van der Waals surface area contributed by atoms with Gasteiger partial charge in [-0.2, -0.15) is 0 Å². The van der Waals surface area contributed by atoms with Crippen LogP contribution in [0, 0.1) is 6.92 Å². The minimum atomic E-state index is 0.382. The van der Waals surface area contributed by atoms with Crippen LogP contribution in [0.25, 0.3) is 0 Å². The van der Waals surface area contributed by atoms with E-state index in [1.807, 2.05) is 0 Å². The summed E-state index contributed by atoms with van der Waals surface area (Å²) in [6, 6.07) is 16.1. The van der Waals surface area contributed by atoms with Crippen LogP contribution in [0.2, 0.25) is 0 Å². The number of hydrogen-bond acceptors (Lipinski definition) is 1. The summed E-state index contributed by atoms with van der Waals surface area (Å²) in [7, 11) is 0. The highest BCUT2D eigenvalue weighted by molar-refractivity contribution is 5.34. The summed E-state index contributed by atoms with van der Waals surface area (Å²) >= 11 is 0. The lowest BCUT2D eigenvalue weighted by atomic mass is 9.96. The molecule has 112 valence electrons. The van der Waals surface area contributed by atoms with Gasteiger partial charge in [0.05, 0.1) is 0 Å². The Balaban J connectivity index is 2.05. The average molecular weight is 281 g/mol. The number of benzene rings is 2. The predicted octanol–water partition coefficient (Wildman–Crippen LogP) is 4.97. The first-order valence-electron chi connectivity index (χ1n) is 8.04. The lowest BCUT2D eigenvalue weighted by Crippen LogP contribution is -2.19. The topological polar surface area (TPSA) is 12.0 Å². The number of nitrogens with one attached hydrogen (secondary N) is 1. The number of rotatable bonds is 6. The van der Waals surface area contributed by atoms with Gasteiger partial charge in [-0.1, -0.05) is 61.9 Å². The number of hydrogen-bond donors (Lipinski definition) is 1. The third-order valence-corrected chi connectivity index (χ3v) is 4.20. The summed E-state index contributed by atoms with van der Waals surface area (Å²) in [5.74, 6) is 0. The van der Waals surface area contributed by atoms with Crippen LogP contribution in [-0.2, 0) is 19.4 Å². The molecule has 1 nitrogen and oxygen atoms in total. The molecule has 0 heterocycles. The molecule has 21 heavy (non-hydrogen) atoms. The van der Waals surface area contributed by atoms with Crippen molar-refractivity contribution in [2.45, 2.75) is 53.1 Å². The molecule has 0 fully saturated rings. The van der Waals surface area contributed by atoms with Gasteiger partial charge in [0, 0.05) is 12.6 Å². The van der Waals surface area contributed by atoms with Crippen molar-refractivity contribution in [2.75, 3.05) is 0 Å². The standard InChI is InChI=1S/C20H27N/c1-5-17-11-12-20(19(6-2)13-17)16(4)21-14-18-9-7-15(3)8-10-18/h7-13,16,21H,5-6,14H2,1-4H3. The summed E-state index contributed by atoms with van der Waals surface area (Å²) in [5.41, 5.74) is 6.99. The van der Waals surface area contributed by atoms with Crippen LogP contribution in [-0.4, -0.2) is 0 Å². The third kappa shape index (κ3) is 4.18. The maximum Gasteiger partial charge on any atom is 0.0297 e. The monoisotopic (exact) mass is 281 g/mol. The molecule has 0 bridgehead atoms. The summed E-state index contributed by atoms with van der Waals surface area (Å²) in [6.07, 6.45) is 2.21. The molecule has 0 aliphatic heterocycles. The minimum absolute atomic E-state index is 0.382. The molecule has 0 radical (unpaired) electrons. The van der Waals surface area contributed by atoms with Gasteiger partial charge in [-0.05, 0) is 48.9 Å². The van der Waals surface area contributed by atoms with Gasteiger partial charge in [0.1, 0.15) is 0 Å². The summed E-state index contributed by atoms with van der Waals surface area (Å²) in [6.45, 7) is 9.76. The highest BCUT2D eigenvalue weighted by Gasteiger charge is 2.09. The van der Waals surface area contributed by atoms with Crippen LogP contribution >= 0.6 is 0 Å². The zero-order chi connectivity index (χ0) is 15.2. The molecule has 0 saturated carbocycles. The Morgan fingerprint density at radius 2 is 1.57 bits per heavy atom. The average Bonchev–Trinajstić information content (AvgIpc) is 2.53. The van der Waals surface area contributed by atoms with E-state index in [-0.39, 0.29) is 0 Å². The fourth-order valence-electron chi connectivity index (χ4n) is 2.69. The molecule has 2 rings (SSSR count). The summed E-state index contributed by atoms with van der Waals surface area (Å²) < 4.78 is 0. The van der Waals surface area contributed by atoms with Gasteiger partial charge in [-0.25, -0.2) is 0 Å². The van der Waals surface area contributed by atoms with Gasteiger partial charge >= 0.3 is 0 Å². The van der Waals surface area contributed by atoms with Crippen molar-refractivity contribution >= 4 is 0 Å². The maximum atomic E-state index is 3.65. The van der Waals surface area contributed by atoms with E-state index in [0.29, 0.717) is 6.04 Å². The van der Waals surface area contributed by atoms with Gasteiger partial charge < -0.3 is 5.32 Å². The first-order valence-corrected chi connectivity index (χ1v) is 8.04. The lowest BCUT2D eigenvalue weighted by Gasteiger charge is -2.18. The zero-order valence-electron chi connectivity index (χ0n) is 13.7. The van der Waals surface area contributed by atoms with Crippen LogP contribution in [0.15, 0.2) is 42.5 Å². The molecule has 0 aliphatic rings. The molecule has 0 saturated heterocycles. The summed E-state index contributed by atoms with van der Waals surface area (Å²) in [5, 5.41) is 3.65. The van der Waals surface area contributed by atoms with Crippen molar-refractivity contribution in [1.82, 2.24) is 5.32 Å². The second-order valence-electron chi connectivity index (χ2n) is 5.83. The van der Waals surface area contributed by atoms with E-state index in [4.69, 9.17) is 0 Å². The molecule has 1 heteroatoms. The fourth-order valence-corrected chi connectivity index (χ4v) is 2.69. The minimum Gasteiger partial charge on any atom is -0.306 e. The van der Waals surface area contributed by atoms with Gasteiger partial charge in [0.15, 0.2) is 0 Å². The van der Waals surface area contributed by atoms with E-state index < -0.39 is 0 Å². The molecule has 0 aliphatic carbocycles. The lowest BCUT2D eigenvalue weighted by molar-refractivity contribution is 0.570. The Morgan fingerprint density at radius 3 is 2.19 bits per heavy atom. The Morgan fingerprint density at radius 1 is 0.905 bits per heavy atom. The molecule has 1 atom stereocenters. The normalized spacial score (nSPS) is 12.4. The smallest absolute Gasteiger partial charge is 0.0297 e. The molecule has 2 aromatic carbocycles. The largest absolute Gasteiger partial charge is 0.306 e. The molecular formula is C20H27N. The SMILES string of the molecule is CCc1ccc(C(C)NCc2ccc(C)cc2)c(CC)c1. The van der Waals surface area contributed by atoms with E-state index >= 15 is 0 Å². The van der Waals surface area contributed by atoms with E-state index in [1.165, 1.54) is 27.8 Å². The maximum absolute atomic E-state index is 3.65. The van der Waals surface area contributed by atoms with Crippen LogP contribution < -0.4 is 5.32 Å². The molecule has 1 unspecified atom stereocenters. The fraction of sp³-hybridized carbons (Fsp3) is 0.400. The molecule has 0 amide bonds. The Kier molecular flexibility index (Phi) is 5.58. The quantitative estimate of drug-likeness (QED) is 0.788. The summed E-state index contributed by atoms with van der Waals surface area (Å²) in [4.78, 5) is 0. The van der Waals surface area contributed by atoms with Crippen LogP contribution in [0.1, 0.15) is 54.6 Å². The second kappa shape index (κ2) is 7.42. The Hall–Kier alpha value is -1.60. The van der Waals surface area contributed by atoms with Crippen LogP contribution in [0.3, 0.4) is 0 Å². The first-order chi connectivity index (χ1) is 10.1. The highest BCUT2D eigenvalue weighted by Crippen LogP contribution is 2.21.